The molecule has 1 aromatic rings. The van der Waals surface area contributed by atoms with Gasteiger partial charge in [-0.3, -0.25) is 4.98 Å². The Morgan fingerprint density at radius 3 is 2.91 bits per heavy atom. The van der Waals surface area contributed by atoms with Crippen molar-refractivity contribution >= 4 is 11.8 Å². The van der Waals surface area contributed by atoms with Crippen molar-refractivity contribution in [3.05, 3.63) is 24.0 Å². The van der Waals surface area contributed by atoms with Crippen molar-refractivity contribution in [3.63, 3.8) is 0 Å². The molecule has 0 amide bonds. The molecule has 0 bridgehead atoms. The topological polar surface area (TPSA) is 33.1 Å². The van der Waals surface area contributed by atoms with Crippen LogP contribution in [0.15, 0.2) is 23.2 Å². The van der Waals surface area contributed by atoms with Crippen LogP contribution in [-0.4, -0.2) is 22.5 Å². The summed E-state index contributed by atoms with van der Waals surface area (Å²) in [7, 11) is 0. The molecule has 3 heteroatoms. The molecule has 1 rings (SSSR count). The van der Waals surface area contributed by atoms with E-state index in [0.29, 0.717) is 0 Å². The van der Waals surface area contributed by atoms with Crippen molar-refractivity contribution in [3.8, 4) is 0 Å². The Morgan fingerprint density at radius 1 is 1.55 bits per heavy atom. The molecule has 60 valence electrons. The van der Waals surface area contributed by atoms with Gasteiger partial charge in [0.05, 0.1) is 6.61 Å². The smallest absolute Gasteiger partial charge is 0.0525 e. The van der Waals surface area contributed by atoms with Crippen LogP contribution in [0, 0.1) is 6.92 Å². The van der Waals surface area contributed by atoms with E-state index in [2.05, 4.69) is 4.98 Å². The minimum absolute atomic E-state index is 0.221. The molecule has 0 fully saturated rings. The lowest BCUT2D eigenvalue weighted by Gasteiger charge is -1.97. The van der Waals surface area contributed by atoms with E-state index in [9.17, 15) is 0 Å². The normalized spacial score (nSPS) is 10.0. The van der Waals surface area contributed by atoms with Crippen LogP contribution in [-0.2, 0) is 0 Å². The maximum atomic E-state index is 8.54. The second-order valence-electron chi connectivity index (χ2n) is 2.21. The fourth-order valence-corrected chi connectivity index (χ4v) is 1.32. The third kappa shape index (κ3) is 2.91. The van der Waals surface area contributed by atoms with Gasteiger partial charge in [-0.15, -0.1) is 11.8 Å². The van der Waals surface area contributed by atoms with E-state index in [1.807, 2.05) is 25.3 Å². The van der Waals surface area contributed by atoms with Crippen LogP contribution in [0.25, 0.3) is 0 Å². The van der Waals surface area contributed by atoms with Crippen molar-refractivity contribution in [1.82, 2.24) is 4.98 Å². The number of hydrogen-bond acceptors (Lipinski definition) is 3. The van der Waals surface area contributed by atoms with Gasteiger partial charge < -0.3 is 5.11 Å². The van der Waals surface area contributed by atoms with Gasteiger partial charge in [0.2, 0.25) is 0 Å². The molecule has 0 aliphatic carbocycles. The average Bonchev–Trinajstić information content (AvgIpc) is 2.04. The monoisotopic (exact) mass is 169 g/mol. The summed E-state index contributed by atoms with van der Waals surface area (Å²) in [5.41, 5.74) is 1.03. The summed E-state index contributed by atoms with van der Waals surface area (Å²) in [6, 6.07) is 3.99. The molecule has 1 heterocycles. The number of aromatic nitrogens is 1. The van der Waals surface area contributed by atoms with Crippen LogP contribution in [0.5, 0.6) is 0 Å². The van der Waals surface area contributed by atoms with Crippen molar-refractivity contribution < 1.29 is 5.11 Å². The Balaban J connectivity index is 2.52. The number of aliphatic hydroxyl groups is 1. The fourth-order valence-electron chi connectivity index (χ4n) is 0.703. The third-order valence-electron chi connectivity index (χ3n) is 1.24. The molecule has 0 unspecified atom stereocenters. The molecule has 0 aliphatic rings. The molecule has 0 spiro atoms. The number of pyridine rings is 1. The molecule has 0 atom stereocenters. The minimum Gasteiger partial charge on any atom is -0.396 e. The van der Waals surface area contributed by atoms with Crippen LogP contribution < -0.4 is 0 Å². The largest absolute Gasteiger partial charge is 0.396 e. The summed E-state index contributed by atoms with van der Waals surface area (Å²) in [6.45, 7) is 2.18. The van der Waals surface area contributed by atoms with Gasteiger partial charge in [0.1, 0.15) is 0 Å². The van der Waals surface area contributed by atoms with Crippen LogP contribution in [0.2, 0.25) is 0 Å². The third-order valence-corrected chi connectivity index (χ3v) is 2.21. The van der Waals surface area contributed by atoms with E-state index >= 15 is 0 Å². The average molecular weight is 169 g/mol. The van der Waals surface area contributed by atoms with Gasteiger partial charge in [-0.1, -0.05) is 0 Å². The molecule has 1 aromatic heterocycles. The molecule has 0 saturated carbocycles. The summed E-state index contributed by atoms with van der Waals surface area (Å²) in [5.74, 6) is 0.741. The lowest BCUT2D eigenvalue weighted by Crippen LogP contribution is -1.86. The molecule has 2 nitrogen and oxygen atoms in total. The molecular formula is C8H11NOS. The zero-order chi connectivity index (χ0) is 8.10. The van der Waals surface area contributed by atoms with Crippen molar-refractivity contribution in [2.24, 2.45) is 0 Å². The number of rotatable bonds is 3. The first kappa shape index (κ1) is 8.56. The fraction of sp³-hybridized carbons (Fsp3) is 0.375. The van der Waals surface area contributed by atoms with E-state index in [1.54, 1.807) is 11.8 Å². The highest BCUT2D eigenvalue weighted by Gasteiger charge is 1.91. The zero-order valence-electron chi connectivity index (χ0n) is 6.45. The first-order valence-electron chi connectivity index (χ1n) is 3.49. The Bertz CT molecular complexity index is 210. The first-order chi connectivity index (χ1) is 5.33. The standard InChI is InChI=1S/C8H11NOS/c1-7-2-3-8(6-9-7)11-5-4-10/h2-3,6,10H,4-5H2,1H3. The van der Waals surface area contributed by atoms with Gasteiger partial charge in [-0.25, -0.2) is 0 Å². The second kappa shape index (κ2) is 4.36. The van der Waals surface area contributed by atoms with Gasteiger partial charge in [-0.2, -0.15) is 0 Å². The number of hydrogen-bond donors (Lipinski definition) is 1. The van der Waals surface area contributed by atoms with Crippen molar-refractivity contribution in [2.75, 3.05) is 12.4 Å². The van der Waals surface area contributed by atoms with Crippen LogP contribution in [0.1, 0.15) is 5.69 Å². The highest BCUT2D eigenvalue weighted by atomic mass is 32.2. The summed E-state index contributed by atoms with van der Waals surface area (Å²) >= 11 is 1.62. The maximum absolute atomic E-state index is 8.54. The number of aliphatic hydroxyl groups excluding tert-OH is 1. The Morgan fingerprint density at radius 2 is 2.36 bits per heavy atom. The SMILES string of the molecule is Cc1ccc(SCCO)cn1. The number of thioether (sulfide) groups is 1. The molecule has 1 N–H and O–H groups in total. The van der Waals surface area contributed by atoms with E-state index in [1.165, 1.54) is 0 Å². The van der Waals surface area contributed by atoms with Gasteiger partial charge in [0, 0.05) is 22.5 Å². The summed E-state index contributed by atoms with van der Waals surface area (Å²) in [5, 5.41) is 8.54. The van der Waals surface area contributed by atoms with E-state index in [4.69, 9.17) is 5.11 Å². The molecular weight excluding hydrogens is 158 g/mol. The first-order valence-corrected chi connectivity index (χ1v) is 4.48. The number of nitrogens with zero attached hydrogens (tertiary/aromatic N) is 1. The molecule has 11 heavy (non-hydrogen) atoms. The van der Waals surface area contributed by atoms with Gasteiger partial charge in [0.25, 0.3) is 0 Å². The van der Waals surface area contributed by atoms with Gasteiger partial charge in [0.15, 0.2) is 0 Å². The predicted molar refractivity (Wildman–Crippen MR) is 46.8 cm³/mol. The Labute approximate surface area is 70.7 Å². The minimum atomic E-state index is 0.221. The highest BCUT2D eigenvalue weighted by molar-refractivity contribution is 7.99. The zero-order valence-corrected chi connectivity index (χ0v) is 7.27. The summed E-state index contributed by atoms with van der Waals surface area (Å²) in [6.07, 6.45) is 1.83. The van der Waals surface area contributed by atoms with Gasteiger partial charge >= 0.3 is 0 Å². The Kier molecular flexibility index (Phi) is 3.39. The molecule has 0 saturated heterocycles. The molecule has 0 aliphatic heterocycles. The van der Waals surface area contributed by atoms with Crippen molar-refractivity contribution in [2.45, 2.75) is 11.8 Å². The quantitative estimate of drug-likeness (QED) is 0.696. The summed E-state index contributed by atoms with van der Waals surface area (Å²) < 4.78 is 0. The Hall–Kier alpha value is -0.540. The van der Waals surface area contributed by atoms with Crippen molar-refractivity contribution in [1.29, 1.82) is 0 Å². The molecule has 0 radical (unpaired) electrons. The van der Waals surface area contributed by atoms with Gasteiger partial charge in [-0.05, 0) is 19.1 Å². The second-order valence-corrected chi connectivity index (χ2v) is 3.38. The van der Waals surface area contributed by atoms with E-state index in [0.717, 1.165) is 16.3 Å². The summed E-state index contributed by atoms with van der Waals surface area (Å²) in [4.78, 5) is 5.24. The maximum Gasteiger partial charge on any atom is 0.0525 e. The highest BCUT2D eigenvalue weighted by Crippen LogP contribution is 2.15. The number of aryl methyl sites for hydroxylation is 1. The molecule has 0 aromatic carbocycles. The lowest BCUT2D eigenvalue weighted by molar-refractivity contribution is 0.322. The van der Waals surface area contributed by atoms with Crippen LogP contribution in [0.4, 0.5) is 0 Å². The van der Waals surface area contributed by atoms with Crippen LogP contribution in [0.3, 0.4) is 0 Å². The van der Waals surface area contributed by atoms with E-state index in [-0.39, 0.29) is 6.61 Å². The lowest BCUT2D eigenvalue weighted by atomic mass is 10.4. The van der Waals surface area contributed by atoms with Crippen LogP contribution >= 0.6 is 11.8 Å². The predicted octanol–water partition coefficient (Wildman–Crippen LogP) is 1.47. The van der Waals surface area contributed by atoms with E-state index < -0.39 is 0 Å².